The zero-order valence-electron chi connectivity index (χ0n) is 13.4. The smallest absolute Gasteiger partial charge is 0.140 e. The van der Waals surface area contributed by atoms with Crippen LogP contribution in [0, 0.1) is 5.92 Å². The summed E-state index contributed by atoms with van der Waals surface area (Å²) in [6, 6.07) is 2.08. The third-order valence-electron chi connectivity index (χ3n) is 4.19. The molecule has 23 heavy (non-hydrogen) atoms. The lowest BCUT2D eigenvalue weighted by atomic mass is 10.1. The Hall–Kier alpha value is -2.47. The quantitative estimate of drug-likeness (QED) is 0.831. The standard InChI is InChI=1S/C17H22N6/c1-12-5-8-23(10-12)15-4-7-20-17-16(15)13(9-21-17)14(22-11-18)3-6-19-2/h3-4,6-7,9,12H,2,5,8,10-11,18H2,1H3,(H,20,21)/b6-3-,22-14+. The molecule has 0 aromatic carbocycles. The van der Waals surface area contributed by atoms with E-state index in [0.717, 1.165) is 35.4 Å². The van der Waals surface area contributed by atoms with Crippen molar-refractivity contribution in [1.29, 1.82) is 0 Å². The Labute approximate surface area is 135 Å². The Morgan fingerprint density at radius 2 is 2.48 bits per heavy atom. The summed E-state index contributed by atoms with van der Waals surface area (Å²) < 4.78 is 0. The van der Waals surface area contributed by atoms with Crippen LogP contribution in [0.4, 0.5) is 5.69 Å². The van der Waals surface area contributed by atoms with Crippen molar-refractivity contribution in [3.63, 3.8) is 0 Å². The predicted octanol–water partition coefficient (Wildman–Crippen LogP) is 2.33. The highest BCUT2D eigenvalue weighted by Gasteiger charge is 2.23. The lowest BCUT2D eigenvalue weighted by Crippen LogP contribution is -2.19. The molecule has 3 N–H and O–H groups in total. The molecule has 2 aromatic rings. The second kappa shape index (κ2) is 6.75. The number of hydrogen-bond donors (Lipinski definition) is 2. The van der Waals surface area contributed by atoms with Gasteiger partial charge >= 0.3 is 0 Å². The van der Waals surface area contributed by atoms with Crippen molar-refractivity contribution in [3.05, 3.63) is 36.3 Å². The number of H-pyrrole nitrogens is 1. The number of fused-ring (bicyclic) bond motifs is 1. The largest absolute Gasteiger partial charge is 0.371 e. The average molecular weight is 310 g/mol. The van der Waals surface area contributed by atoms with Crippen LogP contribution in [-0.2, 0) is 0 Å². The summed E-state index contributed by atoms with van der Waals surface area (Å²) >= 11 is 0. The minimum absolute atomic E-state index is 0.222. The molecule has 0 saturated carbocycles. The van der Waals surface area contributed by atoms with Crippen LogP contribution >= 0.6 is 0 Å². The first-order valence-electron chi connectivity index (χ1n) is 7.83. The average Bonchev–Trinajstić information content (AvgIpc) is 3.17. The summed E-state index contributed by atoms with van der Waals surface area (Å²) in [6.45, 7) is 8.12. The molecule has 1 aliphatic heterocycles. The number of nitrogens with zero attached hydrogens (tertiary/aromatic N) is 4. The van der Waals surface area contributed by atoms with Gasteiger partial charge in [-0.1, -0.05) is 6.92 Å². The summed E-state index contributed by atoms with van der Waals surface area (Å²) in [4.78, 5) is 18.3. The molecule has 1 aliphatic rings. The molecule has 0 amide bonds. The maximum Gasteiger partial charge on any atom is 0.140 e. The number of anilines is 1. The van der Waals surface area contributed by atoms with Crippen LogP contribution in [0.15, 0.2) is 40.7 Å². The van der Waals surface area contributed by atoms with E-state index < -0.39 is 0 Å². The van der Waals surface area contributed by atoms with E-state index in [1.165, 1.54) is 12.1 Å². The summed E-state index contributed by atoms with van der Waals surface area (Å²) in [7, 11) is 0. The lowest BCUT2D eigenvalue weighted by Gasteiger charge is -2.19. The minimum Gasteiger partial charge on any atom is -0.371 e. The zero-order valence-corrected chi connectivity index (χ0v) is 13.4. The second-order valence-corrected chi connectivity index (χ2v) is 5.82. The Balaban J connectivity index is 2.12. The van der Waals surface area contributed by atoms with Gasteiger partial charge < -0.3 is 15.6 Å². The van der Waals surface area contributed by atoms with Gasteiger partial charge in [-0.25, -0.2) is 4.98 Å². The van der Waals surface area contributed by atoms with Crippen molar-refractivity contribution in [2.45, 2.75) is 13.3 Å². The van der Waals surface area contributed by atoms with Crippen LogP contribution in [0.5, 0.6) is 0 Å². The molecular formula is C17H22N6. The molecular weight excluding hydrogens is 288 g/mol. The van der Waals surface area contributed by atoms with Crippen molar-refractivity contribution in [1.82, 2.24) is 9.97 Å². The molecule has 1 atom stereocenters. The van der Waals surface area contributed by atoms with E-state index in [4.69, 9.17) is 5.73 Å². The Morgan fingerprint density at radius 1 is 1.61 bits per heavy atom. The van der Waals surface area contributed by atoms with Gasteiger partial charge in [0, 0.05) is 42.9 Å². The number of aromatic nitrogens is 2. The van der Waals surface area contributed by atoms with Crippen LogP contribution in [0.3, 0.4) is 0 Å². The van der Waals surface area contributed by atoms with Gasteiger partial charge in [0.1, 0.15) is 5.65 Å². The number of aromatic amines is 1. The zero-order chi connectivity index (χ0) is 16.2. The SMILES string of the molecule is C=N/C=C\C(=N/CN)c1c[nH]c2nccc(N3CCC(C)C3)c12. The van der Waals surface area contributed by atoms with Crippen LogP contribution in [0.1, 0.15) is 18.9 Å². The van der Waals surface area contributed by atoms with Crippen molar-refractivity contribution in [2.75, 3.05) is 24.7 Å². The van der Waals surface area contributed by atoms with Gasteiger partial charge in [0.15, 0.2) is 0 Å². The van der Waals surface area contributed by atoms with Crippen LogP contribution in [0.25, 0.3) is 11.0 Å². The van der Waals surface area contributed by atoms with Gasteiger partial charge in [-0.05, 0) is 31.2 Å². The number of allylic oxidation sites excluding steroid dienone is 1. The Kier molecular flexibility index (Phi) is 4.52. The van der Waals surface area contributed by atoms with Gasteiger partial charge in [-0.15, -0.1) is 0 Å². The monoisotopic (exact) mass is 310 g/mol. The Morgan fingerprint density at radius 3 is 3.17 bits per heavy atom. The van der Waals surface area contributed by atoms with Gasteiger partial charge in [-0.3, -0.25) is 9.98 Å². The van der Waals surface area contributed by atoms with E-state index in [-0.39, 0.29) is 6.67 Å². The van der Waals surface area contributed by atoms with E-state index in [0.29, 0.717) is 5.92 Å². The van der Waals surface area contributed by atoms with Crippen LogP contribution < -0.4 is 10.6 Å². The highest BCUT2D eigenvalue weighted by Crippen LogP contribution is 2.32. The fourth-order valence-corrected chi connectivity index (χ4v) is 3.11. The van der Waals surface area contributed by atoms with Crippen LogP contribution in [0.2, 0.25) is 0 Å². The van der Waals surface area contributed by atoms with Gasteiger partial charge in [0.25, 0.3) is 0 Å². The van der Waals surface area contributed by atoms with E-state index in [1.54, 1.807) is 6.20 Å². The fraction of sp³-hybridized carbons (Fsp3) is 0.353. The maximum atomic E-state index is 5.63. The molecule has 6 heteroatoms. The maximum absolute atomic E-state index is 5.63. The number of rotatable bonds is 5. The molecule has 3 rings (SSSR count). The highest BCUT2D eigenvalue weighted by molar-refractivity contribution is 6.18. The van der Waals surface area contributed by atoms with Gasteiger partial charge in [0.05, 0.1) is 17.8 Å². The summed E-state index contributed by atoms with van der Waals surface area (Å²) in [6.07, 6.45) is 8.45. The topological polar surface area (TPSA) is 82.7 Å². The molecule has 2 aromatic heterocycles. The number of nitrogens with two attached hydrogens (primary N) is 1. The highest BCUT2D eigenvalue weighted by atomic mass is 15.2. The number of hydrogen-bond acceptors (Lipinski definition) is 5. The van der Waals surface area contributed by atoms with E-state index in [9.17, 15) is 0 Å². The minimum atomic E-state index is 0.222. The molecule has 0 aliphatic carbocycles. The summed E-state index contributed by atoms with van der Waals surface area (Å²) in [5.41, 5.74) is 9.46. The third kappa shape index (κ3) is 3.03. The summed E-state index contributed by atoms with van der Waals surface area (Å²) in [5, 5.41) is 1.09. The molecule has 3 heterocycles. The first kappa shape index (κ1) is 15.4. The lowest BCUT2D eigenvalue weighted by molar-refractivity contribution is 0.659. The molecule has 0 radical (unpaired) electrons. The molecule has 120 valence electrons. The van der Waals surface area contributed by atoms with Crippen molar-refractivity contribution in [3.8, 4) is 0 Å². The molecule has 0 bridgehead atoms. The molecule has 1 fully saturated rings. The number of aliphatic imine (C=N–C) groups is 2. The molecule has 6 nitrogen and oxygen atoms in total. The van der Waals surface area contributed by atoms with Gasteiger partial charge in [0.2, 0.25) is 0 Å². The predicted molar refractivity (Wildman–Crippen MR) is 96.4 cm³/mol. The first-order chi connectivity index (χ1) is 11.2. The normalized spacial score (nSPS) is 19.1. The Bertz CT molecular complexity index is 758. The van der Waals surface area contributed by atoms with Crippen molar-refractivity contribution in [2.24, 2.45) is 21.6 Å². The third-order valence-corrected chi connectivity index (χ3v) is 4.19. The molecule has 1 saturated heterocycles. The molecule has 1 unspecified atom stereocenters. The van der Waals surface area contributed by atoms with Crippen molar-refractivity contribution < 1.29 is 0 Å². The second-order valence-electron chi connectivity index (χ2n) is 5.82. The fourth-order valence-electron chi connectivity index (χ4n) is 3.11. The van der Waals surface area contributed by atoms with E-state index >= 15 is 0 Å². The summed E-state index contributed by atoms with van der Waals surface area (Å²) in [5.74, 6) is 0.711. The van der Waals surface area contributed by atoms with Gasteiger partial charge in [-0.2, -0.15) is 0 Å². The van der Waals surface area contributed by atoms with E-state index in [2.05, 4.69) is 44.6 Å². The van der Waals surface area contributed by atoms with Crippen molar-refractivity contribution >= 4 is 29.1 Å². The van der Waals surface area contributed by atoms with Crippen LogP contribution in [-0.4, -0.2) is 42.2 Å². The first-order valence-corrected chi connectivity index (χ1v) is 7.83. The number of nitrogens with one attached hydrogen (secondary N) is 1. The number of pyridine rings is 1. The molecule has 0 spiro atoms. The van der Waals surface area contributed by atoms with E-state index in [1.807, 2.05) is 18.5 Å².